The lowest BCUT2D eigenvalue weighted by molar-refractivity contribution is -0.137. The lowest BCUT2D eigenvalue weighted by Crippen LogP contribution is -2.29. The Hall–Kier alpha value is -2.37. The van der Waals surface area contributed by atoms with E-state index in [4.69, 9.17) is 10.8 Å². The number of aliphatic carboxylic acids is 1. The van der Waals surface area contributed by atoms with Crippen molar-refractivity contribution in [3.05, 3.63) is 35.4 Å². The molecule has 1 atom stereocenters. The number of primary amides is 1. The average Bonchev–Trinajstić information content (AvgIpc) is 2.54. The predicted octanol–water partition coefficient (Wildman–Crippen LogP) is 2.00. The van der Waals surface area contributed by atoms with Crippen molar-refractivity contribution in [2.24, 2.45) is 11.7 Å². The first kappa shape index (κ1) is 19.7. The van der Waals surface area contributed by atoms with Crippen molar-refractivity contribution >= 4 is 17.8 Å². The highest BCUT2D eigenvalue weighted by molar-refractivity contribution is 5.79. The molecule has 0 bridgehead atoms. The predicted molar refractivity (Wildman–Crippen MR) is 91.1 cm³/mol. The molecular weight excluding hydrogens is 308 g/mol. The zero-order valence-corrected chi connectivity index (χ0v) is 14.1. The Bertz CT molecular complexity index is 572. The van der Waals surface area contributed by atoms with Crippen LogP contribution in [0.15, 0.2) is 24.3 Å². The molecule has 6 nitrogen and oxygen atoms in total. The van der Waals surface area contributed by atoms with Crippen LogP contribution in [-0.2, 0) is 27.3 Å². The molecule has 0 aliphatic heterocycles. The first-order valence-electron chi connectivity index (χ1n) is 8.24. The number of benzene rings is 1. The van der Waals surface area contributed by atoms with Crippen molar-refractivity contribution in [2.75, 3.05) is 0 Å². The number of unbranched alkanes of at least 4 members (excludes halogenated alkanes) is 1. The summed E-state index contributed by atoms with van der Waals surface area (Å²) in [5.74, 6) is -1.51. The first-order chi connectivity index (χ1) is 11.4. The van der Waals surface area contributed by atoms with Gasteiger partial charge in [-0.15, -0.1) is 0 Å². The van der Waals surface area contributed by atoms with E-state index < -0.39 is 11.9 Å². The lowest BCUT2D eigenvalue weighted by Gasteiger charge is -2.12. The molecule has 4 N–H and O–H groups in total. The summed E-state index contributed by atoms with van der Waals surface area (Å²) in [4.78, 5) is 33.2. The number of carbonyl (C=O) groups excluding carboxylic acids is 2. The first-order valence-corrected chi connectivity index (χ1v) is 8.24. The fourth-order valence-corrected chi connectivity index (χ4v) is 2.35. The summed E-state index contributed by atoms with van der Waals surface area (Å²) in [6.45, 7) is 2.21. The van der Waals surface area contributed by atoms with E-state index in [0.717, 1.165) is 24.0 Å². The van der Waals surface area contributed by atoms with E-state index in [1.54, 1.807) is 6.92 Å². The second kappa shape index (κ2) is 10.4. The number of carbonyl (C=O) groups is 3. The SMILES string of the molecule is C[C@@H](CCC(N)=O)C(=O)NCc1cccc(CCCCC(=O)O)c1. The summed E-state index contributed by atoms with van der Waals surface area (Å²) in [5.41, 5.74) is 7.22. The fraction of sp³-hybridized carbons (Fsp3) is 0.500. The van der Waals surface area contributed by atoms with E-state index >= 15 is 0 Å². The van der Waals surface area contributed by atoms with Crippen molar-refractivity contribution in [3.8, 4) is 0 Å². The summed E-state index contributed by atoms with van der Waals surface area (Å²) in [7, 11) is 0. The molecular formula is C18H26N2O4. The average molecular weight is 334 g/mol. The molecule has 0 fully saturated rings. The van der Waals surface area contributed by atoms with Gasteiger partial charge < -0.3 is 16.2 Å². The summed E-state index contributed by atoms with van der Waals surface area (Å²) in [6, 6.07) is 7.90. The van der Waals surface area contributed by atoms with Crippen LogP contribution in [0.2, 0.25) is 0 Å². The van der Waals surface area contributed by atoms with E-state index in [1.165, 1.54) is 0 Å². The van der Waals surface area contributed by atoms with Crippen molar-refractivity contribution in [3.63, 3.8) is 0 Å². The molecule has 1 rings (SSSR count). The summed E-state index contributed by atoms with van der Waals surface area (Å²) >= 11 is 0. The minimum Gasteiger partial charge on any atom is -0.481 e. The molecule has 2 amide bonds. The Labute approximate surface area is 142 Å². The van der Waals surface area contributed by atoms with Gasteiger partial charge in [-0.3, -0.25) is 14.4 Å². The standard InChI is InChI=1S/C18H26N2O4/c1-13(9-10-16(19)21)18(24)20-12-15-7-4-6-14(11-15)5-2-3-8-17(22)23/h4,6-7,11,13H,2-3,5,8-10,12H2,1H3,(H2,19,21)(H,20,24)(H,22,23)/t13-/m0/s1. The van der Waals surface area contributed by atoms with Gasteiger partial charge in [-0.25, -0.2) is 0 Å². The Morgan fingerprint density at radius 2 is 1.88 bits per heavy atom. The summed E-state index contributed by atoms with van der Waals surface area (Å²) < 4.78 is 0. The maximum absolute atomic E-state index is 12.0. The number of hydrogen-bond acceptors (Lipinski definition) is 3. The maximum atomic E-state index is 12.0. The highest BCUT2D eigenvalue weighted by atomic mass is 16.4. The van der Waals surface area contributed by atoms with E-state index in [1.807, 2.05) is 24.3 Å². The van der Waals surface area contributed by atoms with Gasteiger partial charge in [0.15, 0.2) is 0 Å². The van der Waals surface area contributed by atoms with Crippen LogP contribution in [0.3, 0.4) is 0 Å². The molecule has 0 saturated heterocycles. The van der Waals surface area contributed by atoms with Crippen molar-refractivity contribution in [2.45, 2.75) is 52.0 Å². The number of carboxylic acid groups (broad SMARTS) is 1. The zero-order chi connectivity index (χ0) is 17.9. The number of carboxylic acids is 1. The molecule has 6 heteroatoms. The van der Waals surface area contributed by atoms with Gasteiger partial charge in [-0.1, -0.05) is 31.2 Å². The van der Waals surface area contributed by atoms with Crippen LogP contribution in [0.1, 0.15) is 50.2 Å². The molecule has 1 aromatic rings. The minimum atomic E-state index is -0.767. The van der Waals surface area contributed by atoms with Crippen molar-refractivity contribution in [1.82, 2.24) is 5.32 Å². The van der Waals surface area contributed by atoms with E-state index in [2.05, 4.69) is 5.32 Å². The molecule has 24 heavy (non-hydrogen) atoms. The third-order valence-electron chi connectivity index (χ3n) is 3.84. The largest absolute Gasteiger partial charge is 0.481 e. The molecule has 0 aliphatic carbocycles. The van der Waals surface area contributed by atoms with Crippen LogP contribution in [0.25, 0.3) is 0 Å². The quantitative estimate of drug-likeness (QED) is 0.538. The Kier molecular flexibility index (Phi) is 8.54. The van der Waals surface area contributed by atoms with Crippen LogP contribution < -0.4 is 11.1 Å². The maximum Gasteiger partial charge on any atom is 0.303 e. The number of nitrogens with one attached hydrogen (secondary N) is 1. The zero-order valence-electron chi connectivity index (χ0n) is 14.1. The molecule has 0 aliphatic rings. The normalized spacial score (nSPS) is 11.7. The van der Waals surface area contributed by atoms with Gasteiger partial charge in [0.05, 0.1) is 0 Å². The molecule has 0 aromatic heterocycles. The van der Waals surface area contributed by atoms with Gasteiger partial charge in [0.1, 0.15) is 0 Å². The van der Waals surface area contributed by atoms with Gasteiger partial charge in [0.25, 0.3) is 0 Å². The van der Waals surface area contributed by atoms with Gasteiger partial charge in [-0.2, -0.15) is 0 Å². The Morgan fingerprint density at radius 1 is 1.17 bits per heavy atom. The van der Waals surface area contributed by atoms with Crippen LogP contribution >= 0.6 is 0 Å². The number of nitrogens with two attached hydrogens (primary N) is 1. The highest BCUT2D eigenvalue weighted by Gasteiger charge is 2.13. The topological polar surface area (TPSA) is 109 Å². The van der Waals surface area contributed by atoms with Crippen LogP contribution in [0, 0.1) is 5.92 Å². The summed E-state index contributed by atoms with van der Waals surface area (Å²) in [5, 5.41) is 11.5. The molecule has 132 valence electrons. The van der Waals surface area contributed by atoms with Gasteiger partial charge >= 0.3 is 5.97 Å². The Balaban J connectivity index is 2.39. The van der Waals surface area contributed by atoms with Crippen LogP contribution in [0.5, 0.6) is 0 Å². The molecule has 1 aromatic carbocycles. The van der Waals surface area contributed by atoms with Gasteiger partial charge in [-0.05, 0) is 36.8 Å². The number of amides is 2. The van der Waals surface area contributed by atoms with Crippen molar-refractivity contribution in [1.29, 1.82) is 0 Å². The van der Waals surface area contributed by atoms with E-state index in [-0.39, 0.29) is 24.7 Å². The van der Waals surface area contributed by atoms with E-state index in [9.17, 15) is 14.4 Å². The second-order valence-electron chi connectivity index (χ2n) is 6.04. The third-order valence-corrected chi connectivity index (χ3v) is 3.84. The van der Waals surface area contributed by atoms with Crippen LogP contribution in [-0.4, -0.2) is 22.9 Å². The highest BCUT2D eigenvalue weighted by Crippen LogP contribution is 2.11. The van der Waals surface area contributed by atoms with Crippen LogP contribution in [0.4, 0.5) is 0 Å². The monoisotopic (exact) mass is 334 g/mol. The van der Waals surface area contributed by atoms with Gasteiger partial charge in [0, 0.05) is 25.3 Å². The smallest absolute Gasteiger partial charge is 0.303 e. The molecule has 0 heterocycles. The number of hydrogen-bond donors (Lipinski definition) is 3. The number of rotatable bonds is 11. The van der Waals surface area contributed by atoms with Crippen molar-refractivity contribution < 1.29 is 19.5 Å². The second-order valence-corrected chi connectivity index (χ2v) is 6.04. The molecule has 0 saturated carbocycles. The fourth-order valence-electron chi connectivity index (χ4n) is 2.35. The van der Waals surface area contributed by atoms with E-state index in [0.29, 0.717) is 19.4 Å². The summed E-state index contributed by atoms with van der Waals surface area (Å²) in [6.07, 6.45) is 3.16. The van der Waals surface area contributed by atoms with Gasteiger partial charge in [0.2, 0.25) is 11.8 Å². The molecule has 0 spiro atoms. The third kappa shape index (κ3) is 8.31. The lowest BCUT2D eigenvalue weighted by atomic mass is 10.0. The molecule has 0 radical (unpaired) electrons. The number of aryl methyl sites for hydroxylation is 1. The molecule has 0 unspecified atom stereocenters. The minimum absolute atomic E-state index is 0.0943. The Morgan fingerprint density at radius 3 is 2.54 bits per heavy atom.